The zero-order valence-electron chi connectivity index (χ0n) is 18.2. The third-order valence-electron chi connectivity index (χ3n) is 6.22. The van der Waals surface area contributed by atoms with Crippen molar-refractivity contribution in [2.45, 2.75) is 25.3 Å². The highest BCUT2D eigenvalue weighted by Gasteiger charge is 2.27. The van der Waals surface area contributed by atoms with Crippen molar-refractivity contribution in [3.8, 4) is 5.75 Å². The molecular weight excluding hydrogens is 406 g/mol. The second kappa shape index (κ2) is 9.99. The average Bonchev–Trinajstić information content (AvgIpc) is 3.43. The molecule has 1 aliphatic rings. The smallest absolute Gasteiger partial charge is 0.267 e. The minimum absolute atomic E-state index is 0.119. The van der Waals surface area contributed by atoms with Crippen LogP contribution < -0.4 is 10.2 Å². The van der Waals surface area contributed by atoms with Crippen molar-refractivity contribution in [3.05, 3.63) is 70.9 Å². The Morgan fingerprint density at radius 2 is 2.16 bits per heavy atom. The number of nitrogens with zero attached hydrogens (tertiary/aromatic N) is 1. The number of aliphatic hydroxyl groups is 1. The molecule has 3 aromatic rings. The van der Waals surface area contributed by atoms with Crippen molar-refractivity contribution in [3.63, 3.8) is 0 Å². The number of H-pyrrole nitrogens is 1. The molecule has 0 saturated carbocycles. The summed E-state index contributed by atoms with van der Waals surface area (Å²) in [5, 5.41) is 19.5. The molecule has 4 rings (SSSR count). The number of carbonyl (C=O) groups is 1. The van der Waals surface area contributed by atoms with Gasteiger partial charge in [-0.05, 0) is 59.7 Å². The van der Waals surface area contributed by atoms with Crippen molar-refractivity contribution in [2.24, 2.45) is 0 Å². The summed E-state index contributed by atoms with van der Waals surface area (Å²) < 4.78 is 5.31. The van der Waals surface area contributed by atoms with Gasteiger partial charge in [-0.1, -0.05) is 18.2 Å². The van der Waals surface area contributed by atoms with E-state index in [0.29, 0.717) is 6.54 Å². The van der Waals surface area contributed by atoms with Gasteiger partial charge < -0.3 is 14.8 Å². The van der Waals surface area contributed by atoms with Crippen LogP contribution in [-0.4, -0.2) is 52.9 Å². The number of fused-ring (bicyclic) bond motifs is 2. The molecule has 0 aliphatic heterocycles. The summed E-state index contributed by atoms with van der Waals surface area (Å²) in [4.78, 5) is 16.9. The number of aromatic amines is 1. The number of aryl methyl sites for hydroxylation is 1. The number of benzene rings is 2. The SMILES string of the molecule is COc1ccc2c(CCN(CCO)[C@@H]3CCc4cc(/C=C/C(=O)NO)ccc43)c[nH]c2c1. The number of aromatic nitrogens is 1. The molecule has 1 amide bonds. The van der Waals surface area contributed by atoms with Crippen LogP contribution in [0.25, 0.3) is 17.0 Å². The molecular formula is C25H29N3O4. The van der Waals surface area contributed by atoms with Crippen LogP contribution in [0.15, 0.2) is 48.7 Å². The zero-order valence-corrected chi connectivity index (χ0v) is 18.2. The van der Waals surface area contributed by atoms with Gasteiger partial charge >= 0.3 is 0 Å². The summed E-state index contributed by atoms with van der Waals surface area (Å²) in [5.41, 5.74) is 7.40. The second-order valence-electron chi connectivity index (χ2n) is 8.06. The number of rotatable bonds is 9. The summed E-state index contributed by atoms with van der Waals surface area (Å²) in [6, 6.07) is 12.5. The van der Waals surface area contributed by atoms with Gasteiger partial charge in [-0.3, -0.25) is 14.9 Å². The second-order valence-corrected chi connectivity index (χ2v) is 8.06. The molecule has 0 saturated heterocycles. The standard InChI is InChI=1S/C25H29N3O4/c1-32-20-5-7-21-19(16-26-23(21)15-20)10-11-28(12-13-29)24-8-4-18-14-17(2-6-22(18)24)3-9-25(30)27-31/h2-3,5-7,9,14-16,24,26,29,31H,4,8,10-13H2,1H3,(H,27,30)/b9-3+/t24-/m1/s1. The average molecular weight is 436 g/mol. The lowest BCUT2D eigenvalue weighted by molar-refractivity contribution is -0.124. The van der Waals surface area contributed by atoms with Gasteiger partial charge in [0.05, 0.1) is 13.7 Å². The van der Waals surface area contributed by atoms with E-state index in [0.717, 1.165) is 42.6 Å². The number of aliphatic hydroxyl groups excluding tert-OH is 1. The van der Waals surface area contributed by atoms with E-state index in [1.807, 2.05) is 18.2 Å². The van der Waals surface area contributed by atoms with E-state index in [9.17, 15) is 9.90 Å². The Kier molecular flexibility index (Phi) is 6.90. The fourth-order valence-electron chi connectivity index (χ4n) is 4.62. The summed E-state index contributed by atoms with van der Waals surface area (Å²) in [6.45, 7) is 1.59. The monoisotopic (exact) mass is 435 g/mol. The van der Waals surface area contributed by atoms with Crippen LogP contribution in [0.5, 0.6) is 5.75 Å². The van der Waals surface area contributed by atoms with Gasteiger partial charge in [0, 0.05) is 48.4 Å². The quantitative estimate of drug-likeness (QED) is 0.235. The topological polar surface area (TPSA) is 97.8 Å². The maximum Gasteiger partial charge on any atom is 0.267 e. The molecule has 0 spiro atoms. The molecule has 1 aliphatic carbocycles. The van der Waals surface area contributed by atoms with Gasteiger partial charge in [0.15, 0.2) is 0 Å². The van der Waals surface area contributed by atoms with Crippen LogP contribution >= 0.6 is 0 Å². The fourth-order valence-corrected chi connectivity index (χ4v) is 4.62. The summed E-state index contributed by atoms with van der Waals surface area (Å²) in [7, 11) is 1.67. The van der Waals surface area contributed by atoms with Gasteiger partial charge in [0.25, 0.3) is 5.91 Å². The molecule has 32 heavy (non-hydrogen) atoms. The summed E-state index contributed by atoms with van der Waals surface area (Å²) in [5.74, 6) is 0.287. The molecule has 0 radical (unpaired) electrons. The predicted molar refractivity (Wildman–Crippen MR) is 124 cm³/mol. The van der Waals surface area contributed by atoms with Crippen LogP contribution in [0.4, 0.5) is 0 Å². The zero-order chi connectivity index (χ0) is 22.5. The Bertz CT molecular complexity index is 1120. The van der Waals surface area contributed by atoms with Crippen molar-refractivity contribution < 1.29 is 19.8 Å². The predicted octanol–water partition coefficient (Wildman–Crippen LogP) is 3.22. The fraction of sp³-hybridized carbons (Fsp3) is 0.320. The van der Waals surface area contributed by atoms with Crippen LogP contribution in [0.3, 0.4) is 0 Å². The molecule has 1 aromatic heterocycles. The highest BCUT2D eigenvalue weighted by molar-refractivity contribution is 5.90. The minimum Gasteiger partial charge on any atom is -0.497 e. The van der Waals surface area contributed by atoms with E-state index in [-0.39, 0.29) is 12.6 Å². The number of hydrogen-bond donors (Lipinski definition) is 4. The van der Waals surface area contributed by atoms with Crippen molar-refractivity contribution in [2.75, 3.05) is 26.8 Å². The van der Waals surface area contributed by atoms with Crippen LogP contribution in [0.1, 0.15) is 34.7 Å². The third kappa shape index (κ3) is 4.70. The molecule has 1 heterocycles. The van der Waals surface area contributed by atoms with Crippen molar-refractivity contribution in [1.82, 2.24) is 15.4 Å². The lowest BCUT2D eigenvalue weighted by Crippen LogP contribution is -2.32. The highest BCUT2D eigenvalue weighted by Crippen LogP contribution is 2.36. The molecule has 0 fully saturated rings. The molecule has 1 atom stereocenters. The number of carbonyl (C=O) groups excluding carboxylic acids is 1. The number of methoxy groups -OCH3 is 1. The van der Waals surface area contributed by atoms with Gasteiger partial charge in [0.2, 0.25) is 0 Å². The first-order valence-electron chi connectivity index (χ1n) is 10.9. The van der Waals surface area contributed by atoms with E-state index in [4.69, 9.17) is 9.94 Å². The first-order chi connectivity index (χ1) is 15.6. The van der Waals surface area contributed by atoms with Crippen LogP contribution in [0.2, 0.25) is 0 Å². The molecule has 2 aromatic carbocycles. The van der Waals surface area contributed by atoms with Gasteiger partial charge in [-0.25, -0.2) is 5.48 Å². The molecule has 7 heteroatoms. The maximum absolute atomic E-state index is 11.2. The van der Waals surface area contributed by atoms with Crippen molar-refractivity contribution >= 4 is 22.9 Å². The maximum atomic E-state index is 11.2. The molecule has 4 N–H and O–H groups in total. The highest BCUT2D eigenvalue weighted by atomic mass is 16.5. The normalized spacial score (nSPS) is 15.6. The van der Waals surface area contributed by atoms with E-state index in [1.165, 1.54) is 28.2 Å². The van der Waals surface area contributed by atoms with Crippen LogP contribution in [0, 0.1) is 0 Å². The van der Waals surface area contributed by atoms with Gasteiger partial charge in [-0.15, -0.1) is 0 Å². The molecule has 7 nitrogen and oxygen atoms in total. The van der Waals surface area contributed by atoms with E-state index >= 15 is 0 Å². The lowest BCUT2D eigenvalue weighted by atomic mass is 10.0. The number of nitrogens with one attached hydrogen (secondary N) is 2. The Hall–Kier alpha value is -3.13. The first-order valence-corrected chi connectivity index (χ1v) is 10.9. The molecule has 168 valence electrons. The Labute approximate surface area is 187 Å². The third-order valence-corrected chi connectivity index (χ3v) is 6.22. The molecule has 0 bridgehead atoms. The van der Waals surface area contributed by atoms with E-state index in [2.05, 4.69) is 34.3 Å². The summed E-state index contributed by atoms with van der Waals surface area (Å²) >= 11 is 0. The van der Waals surface area contributed by atoms with Crippen molar-refractivity contribution in [1.29, 1.82) is 0 Å². The summed E-state index contributed by atoms with van der Waals surface area (Å²) in [6.07, 6.45) is 7.91. The van der Waals surface area contributed by atoms with E-state index < -0.39 is 5.91 Å². The van der Waals surface area contributed by atoms with Gasteiger partial charge in [0.1, 0.15) is 5.75 Å². The van der Waals surface area contributed by atoms with Crippen LogP contribution in [-0.2, 0) is 17.6 Å². The number of hydroxylamine groups is 1. The number of ether oxygens (including phenoxy) is 1. The van der Waals surface area contributed by atoms with E-state index in [1.54, 1.807) is 18.7 Å². The lowest BCUT2D eigenvalue weighted by Gasteiger charge is -2.29. The Morgan fingerprint density at radius 1 is 1.28 bits per heavy atom. The Morgan fingerprint density at radius 3 is 2.94 bits per heavy atom. The minimum atomic E-state index is -0.548. The first kappa shape index (κ1) is 22.1. The molecule has 0 unspecified atom stereocenters. The van der Waals surface area contributed by atoms with Gasteiger partial charge in [-0.2, -0.15) is 0 Å². The number of amides is 1. The largest absolute Gasteiger partial charge is 0.497 e. The number of hydrogen-bond acceptors (Lipinski definition) is 5. The Balaban J connectivity index is 1.48.